The van der Waals surface area contributed by atoms with Crippen molar-refractivity contribution in [2.75, 3.05) is 0 Å². The fourth-order valence-electron chi connectivity index (χ4n) is 2.56. The largest absolute Gasteiger partial charge is 0.493 e. The summed E-state index contributed by atoms with van der Waals surface area (Å²) >= 11 is 12.2. The van der Waals surface area contributed by atoms with Crippen LogP contribution in [0.25, 0.3) is 0 Å². The Morgan fingerprint density at radius 1 is 1.18 bits per heavy atom. The van der Waals surface area contributed by atoms with Gasteiger partial charge in [-0.05, 0) is 30.7 Å². The van der Waals surface area contributed by atoms with Gasteiger partial charge >= 0.3 is 0 Å². The maximum atomic E-state index is 12.9. The van der Waals surface area contributed by atoms with E-state index < -0.39 is 11.4 Å². The van der Waals surface area contributed by atoms with E-state index in [0.717, 1.165) is 4.57 Å². The summed E-state index contributed by atoms with van der Waals surface area (Å²) in [6.07, 6.45) is 3.15. The number of nitrogens with zero attached hydrogens (tertiary/aromatic N) is 5. The first-order chi connectivity index (χ1) is 13.4. The van der Waals surface area contributed by atoms with Gasteiger partial charge in [-0.25, -0.2) is 0 Å². The van der Waals surface area contributed by atoms with Gasteiger partial charge in [0.2, 0.25) is 5.88 Å². The van der Waals surface area contributed by atoms with Crippen molar-refractivity contribution in [2.24, 2.45) is 10.2 Å². The molecule has 0 radical (unpaired) electrons. The predicted octanol–water partition coefficient (Wildman–Crippen LogP) is 4.90. The Morgan fingerprint density at radius 2 is 1.86 bits per heavy atom. The number of halogens is 2. The van der Waals surface area contributed by atoms with Crippen LogP contribution < -0.4 is 5.56 Å². The summed E-state index contributed by atoms with van der Waals surface area (Å²) in [5, 5.41) is 28.4. The van der Waals surface area contributed by atoms with Crippen molar-refractivity contribution < 1.29 is 5.11 Å². The molecule has 0 fully saturated rings. The molecule has 28 heavy (non-hydrogen) atoms. The topological polar surface area (TPSA) is 104 Å². The molecular formula is C19H13Cl2N5O2. The van der Waals surface area contributed by atoms with E-state index in [2.05, 4.69) is 15.2 Å². The molecule has 0 bridgehead atoms. The summed E-state index contributed by atoms with van der Waals surface area (Å²) in [7, 11) is 0. The smallest absolute Gasteiger partial charge is 0.281 e. The maximum absolute atomic E-state index is 12.9. The lowest BCUT2D eigenvalue weighted by Gasteiger charge is -2.13. The third-order valence-corrected chi connectivity index (χ3v) is 4.63. The number of pyridine rings is 2. The van der Waals surface area contributed by atoms with E-state index >= 15 is 0 Å². The molecule has 1 N–H and O–H groups in total. The van der Waals surface area contributed by atoms with E-state index in [1.807, 2.05) is 6.07 Å². The number of azo groups is 1. The van der Waals surface area contributed by atoms with Crippen molar-refractivity contribution in [3.05, 3.63) is 79.8 Å². The van der Waals surface area contributed by atoms with Gasteiger partial charge in [-0.3, -0.25) is 14.3 Å². The van der Waals surface area contributed by atoms with Crippen LogP contribution in [0.1, 0.15) is 16.7 Å². The highest BCUT2D eigenvalue weighted by Crippen LogP contribution is 2.34. The number of benzene rings is 1. The number of rotatable bonds is 4. The number of nitriles is 1. The molecule has 0 amide bonds. The summed E-state index contributed by atoms with van der Waals surface area (Å²) in [5.74, 6) is -0.441. The SMILES string of the molecule is Cc1c(C#N)c(O)n(Cc2cccnc2)c(=O)c1N=Nc1c(Cl)cccc1Cl. The minimum Gasteiger partial charge on any atom is -0.493 e. The summed E-state index contributed by atoms with van der Waals surface area (Å²) in [6, 6.07) is 10.2. The molecule has 0 aliphatic rings. The van der Waals surface area contributed by atoms with E-state index in [1.54, 1.807) is 42.7 Å². The predicted molar refractivity (Wildman–Crippen MR) is 106 cm³/mol. The number of aromatic hydroxyl groups is 1. The van der Waals surface area contributed by atoms with Crippen LogP contribution in [0.3, 0.4) is 0 Å². The van der Waals surface area contributed by atoms with E-state index in [0.29, 0.717) is 5.56 Å². The van der Waals surface area contributed by atoms with Crippen LogP contribution in [0.15, 0.2) is 57.7 Å². The molecule has 140 valence electrons. The van der Waals surface area contributed by atoms with Gasteiger partial charge < -0.3 is 5.11 Å². The normalized spacial score (nSPS) is 10.9. The zero-order chi connectivity index (χ0) is 20.3. The van der Waals surface area contributed by atoms with Crippen LogP contribution in [0, 0.1) is 18.3 Å². The Labute approximate surface area is 170 Å². The van der Waals surface area contributed by atoms with E-state index in [1.165, 1.54) is 6.92 Å². The third-order valence-electron chi connectivity index (χ3n) is 4.02. The van der Waals surface area contributed by atoms with E-state index in [9.17, 15) is 15.2 Å². The second-order valence-electron chi connectivity index (χ2n) is 5.81. The van der Waals surface area contributed by atoms with Gasteiger partial charge in [-0.15, -0.1) is 10.2 Å². The van der Waals surface area contributed by atoms with Crippen LogP contribution in [0.2, 0.25) is 10.0 Å². The van der Waals surface area contributed by atoms with E-state index in [-0.39, 0.29) is 39.1 Å². The standard InChI is InChI=1S/C19H13Cl2N5O2/c1-11-13(8-22)18(27)26(10-12-4-3-7-23-9-12)19(28)16(11)24-25-17-14(20)5-2-6-15(17)21/h2-7,9,27H,10H2,1H3. The molecule has 7 nitrogen and oxygen atoms in total. The number of hydrogen-bond donors (Lipinski definition) is 1. The molecule has 0 saturated carbocycles. The van der Waals surface area contributed by atoms with Crippen LogP contribution in [0.5, 0.6) is 5.88 Å². The zero-order valence-corrected chi connectivity index (χ0v) is 16.1. The Balaban J connectivity index is 2.16. The lowest BCUT2D eigenvalue weighted by atomic mass is 10.1. The molecule has 3 rings (SSSR count). The molecule has 2 heterocycles. The molecule has 9 heteroatoms. The highest BCUT2D eigenvalue weighted by molar-refractivity contribution is 6.38. The number of hydrogen-bond acceptors (Lipinski definition) is 6. The summed E-state index contributed by atoms with van der Waals surface area (Å²) in [5.41, 5.74) is 0.320. The summed E-state index contributed by atoms with van der Waals surface area (Å²) < 4.78 is 1.05. The van der Waals surface area contributed by atoms with Gasteiger partial charge in [0.25, 0.3) is 5.56 Å². The molecule has 0 aliphatic carbocycles. The second kappa shape index (κ2) is 8.21. The Morgan fingerprint density at radius 3 is 2.46 bits per heavy atom. The first-order valence-corrected chi connectivity index (χ1v) is 8.80. The number of aromatic nitrogens is 2. The molecule has 3 aromatic rings. The van der Waals surface area contributed by atoms with Crippen molar-refractivity contribution in [3.8, 4) is 11.9 Å². The lowest BCUT2D eigenvalue weighted by Crippen LogP contribution is -2.22. The van der Waals surface area contributed by atoms with Crippen LogP contribution in [-0.4, -0.2) is 14.7 Å². The highest BCUT2D eigenvalue weighted by atomic mass is 35.5. The second-order valence-corrected chi connectivity index (χ2v) is 6.62. The minimum absolute atomic E-state index is 0.0167. The average Bonchev–Trinajstić information content (AvgIpc) is 2.68. The molecule has 1 aromatic carbocycles. The fraction of sp³-hybridized carbons (Fsp3) is 0.105. The molecule has 0 atom stereocenters. The van der Waals surface area contributed by atoms with Crippen molar-refractivity contribution >= 4 is 34.6 Å². The van der Waals surface area contributed by atoms with Gasteiger partial charge in [0.1, 0.15) is 17.3 Å². The van der Waals surface area contributed by atoms with Gasteiger partial charge in [-0.2, -0.15) is 5.26 Å². The van der Waals surface area contributed by atoms with Crippen LogP contribution in [-0.2, 0) is 6.54 Å². The minimum atomic E-state index is -0.607. The molecule has 2 aromatic heterocycles. The molecule has 0 saturated heterocycles. The van der Waals surface area contributed by atoms with Gasteiger partial charge in [0.15, 0.2) is 5.69 Å². The maximum Gasteiger partial charge on any atom is 0.281 e. The molecule has 0 unspecified atom stereocenters. The van der Waals surface area contributed by atoms with Crippen molar-refractivity contribution in [3.63, 3.8) is 0 Å². The zero-order valence-electron chi connectivity index (χ0n) is 14.6. The Kier molecular flexibility index (Phi) is 5.73. The summed E-state index contributed by atoms with van der Waals surface area (Å²) in [4.78, 5) is 16.9. The first-order valence-electron chi connectivity index (χ1n) is 8.05. The van der Waals surface area contributed by atoms with Crippen LogP contribution in [0.4, 0.5) is 11.4 Å². The van der Waals surface area contributed by atoms with Crippen LogP contribution >= 0.6 is 23.2 Å². The first kappa shape index (κ1) is 19.5. The van der Waals surface area contributed by atoms with Crippen molar-refractivity contribution in [1.29, 1.82) is 5.26 Å². The quantitative estimate of drug-likeness (QED) is 0.613. The van der Waals surface area contributed by atoms with Gasteiger partial charge in [-0.1, -0.05) is 35.3 Å². The highest BCUT2D eigenvalue weighted by Gasteiger charge is 2.19. The van der Waals surface area contributed by atoms with Crippen molar-refractivity contribution in [2.45, 2.75) is 13.5 Å². The van der Waals surface area contributed by atoms with Gasteiger partial charge in [0, 0.05) is 18.0 Å². The van der Waals surface area contributed by atoms with E-state index in [4.69, 9.17) is 23.2 Å². The molecular weight excluding hydrogens is 401 g/mol. The monoisotopic (exact) mass is 413 g/mol. The van der Waals surface area contributed by atoms with Crippen molar-refractivity contribution in [1.82, 2.24) is 9.55 Å². The summed E-state index contributed by atoms with van der Waals surface area (Å²) in [6.45, 7) is 1.53. The Bertz CT molecular complexity index is 1150. The Hall–Kier alpha value is -3.21. The average molecular weight is 414 g/mol. The van der Waals surface area contributed by atoms with Gasteiger partial charge in [0.05, 0.1) is 16.6 Å². The fourth-order valence-corrected chi connectivity index (χ4v) is 3.04. The third kappa shape index (κ3) is 3.74. The lowest BCUT2D eigenvalue weighted by molar-refractivity contribution is 0.412. The molecule has 0 spiro atoms. The molecule has 0 aliphatic heterocycles.